The molecule has 0 unspecified atom stereocenters. The van der Waals surface area contributed by atoms with Gasteiger partial charge in [-0.05, 0) is 122 Å². The van der Waals surface area contributed by atoms with E-state index in [1.807, 2.05) is 12.2 Å². The lowest BCUT2D eigenvalue weighted by Gasteiger charge is -1.93. The van der Waals surface area contributed by atoms with Gasteiger partial charge in [-0.3, -0.25) is 0 Å². The summed E-state index contributed by atoms with van der Waals surface area (Å²) in [6.45, 7) is 0. The lowest BCUT2D eigenvalue weighted by Crippen LogP contribution is -1.83. The average Bonchev–Trinajstić information content (AvgIpc) is 3.42. The van der Waals surface area contributed by atoms with Gasteiger partial charge in [0.2, 0.25) is 0 Å². The topological polar surface area (TPSA) is 57.4 Å². The summed E-state index contributed by atoms with van der Waals surface area (Å²) in [4.78, 5) is 16.5. The molecule has 5 heterocycles. The summed E-state index contributed by atoms with van der Waals surface area (Å²) in [5.41, 5.74) is 8.02. The fourth-order valence-electron chi connectivity index (χ4n) is 3.05. The van der Waals surface area contributed by atoms with E-state index in [1.54, 1.807) is 0 Å². The summed E-state index contributed by atoms with van der Waals surface area (Å²) in [5, 5.41) is 0. The van der Waals surface area contributed by atoms with Gasteiger partial charge >= 0.3 is 0 Å². The Morgan fingerprint density at radius 3 is 2.00 bits per heavy atom. The molecular weight excluding hydrogens is 677 g/mol. The first-order valence-corrected chi connectivity index (χ1v) is 11.4. The largest absolute Gasteiger partial charge is 0.355 e. The summed E-state index contributed by atoms with van der Waals surface area (Å²) in [6, 6.07) is 10.3. The number of nitrogens with one attached hydrogen (secondary N) is 2. The van der Waals surface area contributed by atoms with Crippen LogP contribution in [0.25, 0.3) is 46.4 Å². The molecule has 4 nitrogen and oxygen atoms in total. The molecule has 0 saturated heterocycles. The van der Waals surface area contributed by atoms with E-state index in [2.05, 4.69) is 120 Å². The first-order valence-electron chi connectivity index (χ1n) is 8.18. The van der Waals surface area contributed by atoms with Crippen LogP contribution in [0.1, 0.15) is 22.8 Å². The van der Waals surface area contributed by atoms with Crippen LogP contribution in [0.15, 0.2) is 30.3 Å². The summed E-state index contributed by atoms with van der Waals surface area (Å²) >= 11 is 7.16. The molecule has 7 heteroatoms. The van der Waals surface area contributed by atoms with E-state index < -0.39 is 0 Å². The monoisotopic (exact) mass is 688 g/mol. The van der Waals surface area contributed by atoms with E-state index in [0.29, 0.717) is 0 Å². The lowest BCUT2D eigenvalue weighted by molar-refractivity contribution is 1.30. The van der Waals surface area contributed by atoms with Gasteiger partial charge in [0.25, 0.3) is 0 Å². The van der Waals surface area contributed by atoms with E-state index >= 15 is 0 Å². The standard InChI is InChI=1S/C20H11I3N4/c21-17-16-9-14-4-3-11(25-14)7-10-1-2-12(24-10)8-13-5-6-15(26-13)18(22)20(27-16)19(17)23/h1-9,24,27H. The Hall–Kier alpha value is -1.21. The molecule has 2 N–H and O–H groups in total. The summed E-state index contributed by atoms with van der Waals surface area (Å²) in [7, 11) is 0. The van der Waals surface area contributed by atoms with Crippen LogP contribution in [-0.2, 0) is 0 Å². The molecule has 5 rings (SSSR count). The van der Waals surface area contributed by atoms with Crippen molar-refractivity contribution in [2.24, 2.45) is 0 Å². The van der Waals surface area contributed by atoms with Crippen molar-refractivity contribution in [2.45, 2.75) is 0 Å². The fraction of sp³-hybridized carbons (Fsp3) is 0. The SMILES string of the molecule is Ic1c(I)c2[nH]c1cc1nc(cc3ccc(cc4nc(c2I)C=C4)[nH]3)C=C1. The van der Waals surface area contributed by atoms with Gasteiger partial charge in [0, 0.05) is 11.0 Å². The Morgan fingerprint density at radius 1 is 0.630 bits per heavy atom. The van der Waals surface area contributed by atoms with Gasteiger partial charge in [-0.1, -0.05) is 0 Å². The molecule has 3 aromatic heterocycles. The van der Waals surface area contributed by atoms with Gasteiger partial charge < -0.3 is 9.97 Å². The number of aromatic nitrogens is 4. The molecule has 27 heavy (non-hydrogen) atoms. The van der Waals surface area contributed by atoms with Gasteiger partial charge in [0.15, 0.2) is 0 Å². The summed E-state index contributed by atoms with van der Waals surface area (Å²) in [6.07, 6.45) is 8.20. The third-order valence-electron chi connectivity index (χ3n) is 4.33. The minimum absolute atomic E-state index is 0.938. The Balaban J connectivity index is 1.93. The highest BCUT2D eigenvalue weighted by Gasteiger charge is 2.12. The number of aromatic amines is 2. The second-order valence-corrected chi connectivity index (χ2v) is 9.44. The highest BCUT2D eigenvalue weighted by molar-refractivity contribution is 14.1. The van der Waals surface area contributed by atoms with Crippen LogP contribution < -0.4 is 0 Å². The second-order valence-electron chi connectivity index (χ2n) is 6.21. The van der Waals surface area contributed by atoms with Gasteiger partial charge in [0.1, 0.15) is 0 Å². The second kappa shape index (κ2) is 6.99. The number of halogens is 3. The summed E-state index contributed by atoms with van der Waals surface area (Å²) < 4.78 is 3.51. The molecule has 0 aromatic carbocycles. The van der Waals surface area contributed by atoms with Crippen LogP contribution in [0.3, 0.4) is 0 Å². The minimum atomic E-state index is 0.938. The van der Waals surface area contributed by atoms with E-state index in [4.69, 9.17) is 9.97 Å². The predicted octanol–water partition coefficient (Wildman–Crippen LogP) is 6.47. The van der Waals surface area contributed by atoms with Gasteiger partial charge in [-0.25, -0.2) is 9.97 Å². The van der Waals surface area contributed by atoms with E-state index in [-0.39, 0.29) is 0 Å². The van der Waals surface area contributed by atoms with E-state index in [1.165, 1.54) is 7.14 Å². The first-order chi connectivity index (χ1) is 13.1. The average molecular weight is 688 g/mol. The molecule has 0 spiro atoms. The van der Waals surface area contributed by atoms with Crippen LogP contribution in [0.2, 0.25) is 0 Å². The fourth-order valence-corrected chi connectivity index (χ4v) is 5.53. The molecule has 8 bridgehead atoms. The molecule has 2 aliphatic rings. The molecule has 0 radical (unpaired) electrons. The number of H-pyrrole nitrogens is 2. The van der Waals surface area contributed by atoms with Crippen molar-refractivity contribution in [2.75, 3.05) is 0 Å². The number of hydrogen-bond donors (Lipinski definition) is 2. The smallest absolute Gasteiger partial charge is 0.0792 e. The molecule has 0 amide bonds. The van der Waals surface area contributed by atoms with Crippen LogP contribution in [0.5, 0.6) is 0 Å². The molecular formula is C20H11I3N4. The Labute approximate surface area is 196 Å². The maximum absolute atomic E-state index is 4.79. The molecule has 0 fully saturated rings. The Kier molecular flexibility index (Phi) is 4.63. The Bertz CT molecular complexity index is 1310. The lowest BCUT2D eigenvalue weighted by atomic mass is 10.3. The summed E-state index contributed by atoms with van der Waals surface area (Å²) in [5.74, 6) is 0. The van der Waals surface area contributed by atoms with Gasteiger partial charge in [-0.15, -0.1) is 0 Å². The third kappa shape index (κ3) is 3.37. The van der Waals surface area contributed by atoms with Crippen molar-refractivity contribution in [3.63, 3.8) is 0 Å². The van der Waals surface area contributed by atoms with Crippen LogP contribution >= 0.6 is 67.8 Å². The zero-order valence-corrected chi connectivity index (χ0v) is 20.2. The molecule has 0 atom stereocenters. The van der Waals surface area contributed by atoms with Gasteiger partial charge in [-0.2, -0.15) is 0 Å². The number of hydrogen-bond acceptors (Lipinski definition) is 2. The van der Waals surface area contributed by atoms with Crippen LogP contribution in [0.4, 0.5) is 0 Å². The highest BCUT2D eigenvalue weighted by atomic mass is 127. The van der Waals surface area contributed by atoms with Gasteiger partial charge in [0.05, 0.1) is 44.5 Å². The van der Waals surface area contributed by atoms with E-state index in [0.717, 1.165) is 48.4 Å². The zero-order valence-electron chi connectivity index (χ0n) is 13.7. The van der Waals surface area contributed by atoms with Crippen LogP contribution in [-0.4, -0.2) is 19.9 Å². The first kappa shape index (κ1) is 17.9. The number of rotatable bonds is 0. The molecule has 2 aliphatic heterocycles. The normalized spacial score (nSPS) is 12.7. The quantitative estimate of drug-likeness (QED) is 0.184. The maximum atomic E-state index is 4.79. The maximum Gasteiger partial charge on any atom is 0.0792 e. The number of fused-ring (bicyclic) bond motifs is 8. The van der Waals surface area contributed by atoms with Crippen molar-refractivity contribution in [1.29, 1.82) is 0 Å². The van der Waals surface area contributed by atoms with Crippen LogP contribution in [0, 0.1) is 10.7 Å². The molecule has 132 valence electrons. The van der Waals surface area contributed by atoms with E-state index in [9.17, 15) is 0 Å². The minimum Gasteiger partial charge on any atom is -0.355 e. The van der Waals surface area contributed by atoms with Crippen molar-refractivity contribution in [3.05, 3.63) is 63.8 Å². The zero-order chi connectivity index (χ0) is 18.5. The predicted molar refractivity (Wildman–Crippen MR) is 137 cm³/mol. The number of nitrogens with zero attached hydrogens (tertiary/aromatic N) is 2. The molecule has 3 aromatic rings. The van der Waals surface area contributed by atoms with Crippen molar-refractivity contribution >= 4 is 114 Å². The van der Waals surface area contributed by atoms with Crippen molar-refractivity contribution in [1.82, 2.24) is 19.9 Å². The Morgan fingerprint density at radius 2 is 1.26 bits per heavy atom. The third-order valence-corrected chi connectivity index (χ3v) is 8.65. The van der Waals surface area contributed by atoms with Crippen molar-refractivity contribution in [3.8, 4) is 0 Å². The molecule has 0 aliphatic carbocycles. The van der Waals surface area contributed by atoms with Crippen molar-refractivity contribution < 1.29 is 0 Å². The molecule has 0 saturated carbocycles. The highest BCUT2D eigenvalue weighted by Crippen LogP contribution is 2.30.